The fourth-order valence-electron chi connectivity index (χ4n) is 1.98. The maximum atomic E-state index is 10.5. The lowest BCUT2D eigenvalue weighted by molar-refractivity contribution is -0.137. The Morgan fingerprint density at radius 1 is 1.62 bits per heavy atom. The van der Waals surface area contributed by atoms with Crippen LogP contribution in [0.3, 0.4) is 0 Å². The van der Waals surface area contributed by atoms with Crippen molar-refractivity contribution in [2.45, 2.75) is 38.9 Å². The summed E-state index contributed by atoms with van der Waals surface area (Å²) in [6.07, 6.45) is 2.66. The molecule has 0 fully saturated rings. The van der Waals surface area contributed by atoms with Crippen LogP contribution in [-0.4, -0.2) is 43.3 Å². The molecule has 0 radical (unpaired) electrons. The predicted molar refractivity (Wildman–Crippen MR) is 56.8 cm³/mol. The van der Waals surface area contributed by atoms with Crippen LogP contribution in [0.1, 0.15) is 25.6 Å². The third-order valence-electron chi connectivity index (χ3n) is 3.07. The summed E-state index contributed by atoms with van der Waals surface area (Å²) in [6, 6.07) is 0.279. The van der Waals surface area contributed by atoms with Gasteiger partial charge < -0.3 is 9.67 Å². The van der Waals surface area contributed by atoms with Gasteiger partial charge in [0.2, 0.25) is 0 Å². The molecule has 1 atom stereocenters. The lowest BCUT2D eigenvalue weighted by atomic mass is 10.1. The highest BCUT2D eigenvalue weighted by Gasteiger charge is 2.21. The minimum absolute atomic E-state index is 0.227. The Kier molecular flexibility index (Phi) is 3.19. The molecule has 1 N–H and O–H groups in total. The molecule has 1 unspecified atom stereocenters. The molecule has 1 aliphatic heterocycles. The molecule has 6 heteroatoms. The molecular weight excluding hydrogens is 208 g/mol. The minimum Gasteiger partial charge on any atom is -0.481 e. The van der Waals surface area contributed by atoms with Crippen LogP contribution in [0.15, 0.2) is 6.33 Å². The Balaban J connectivity index is 1.90. The molecule has 0 saturated carbocycles. The SMILES string of the molecule is CC(CCC(=O)O)N1CCn2cnnc2C1. The number of hydrogen-bond donors (Lipinski definition) is 1. The van der Waals surface area contributed by atoms with E-state index < -0.39 is 5.97 Å². The third-order valence-corrected chi connectivity index (χ3v) is 3.07. The topological polar surface area (TPSA) is 71.2 Å². The molecule has 2 heterocycles. The van der Waals surface area contributed by atoms with Crippen molar-refractivity contribution < 1.29 is 9.90 Å². The first-order chi connectivity index (χ1) is 7.66. The van der Waals surface area contributed by atoms with E-state index in [2.05, 4.69) is 22.0 Å². The molecule has 1 aromatic rings. The van der Waals surface area contributed by atoms with E-state index in [1.54, 1.807) is 6.33 Å². The largest absolute Gasteiger partial charge is 0.481 e. The summed E-state index contributed by atoms with van der Waals surface area (Å²) in [7, 11) is 0. The van der Waals surface area contributed by atoms with Crippen molar-refractivity contribution in [1.29, 1.82) is 0 Å². The number of carboxylic acid groups (broad SMARTS) is 1. The van der Waals surface area contributed by atoms with Crippen molar-refractivity contribution in [3.63, 3.8) is 0 Å². The molecule has 0 bridgehead atoms. The second-order valence-corrected chi connectivity index (χ2v) is 4.19. The minimum atomic E-state index is -0.730. The number of aromatic nitrogens is 3. The van der Waals surface area contributed by atoms with E-state index in [-0.39, 0.29) is 12.5 Å². The van der Waals surface area contributed by atoms with Crippen molar-refractivity contribution >= 4 is 5.97 Å². The number of nitrogens with zero attached hydrogens (tertiary/aromatic N) is 4. The third kappa shape index (κ3) is 2.38. The maximum absolute atomic E-state index is 10.5. The molecule has 0 spiro atoms. The Morgan fingerprint density at radius 2 is 2.44 bits per heavy atom. The summed E-state index contributed by atoms with van der Waals surface area (Å²) in [5, 5.41) is 16.5. The van der Waals surface area contributed by atoms with Crippen LogP contribution in [0.25, 0.3) is 0 Å². The van der Waals surface area contributed by atoms with Gasteiger partial charge in [0, 0.05) is 25.6 Å². The van der Waals surface area contributed by atoms with Gasteiger partial charge in [0.05, 0.1) is 6.54 Å². The van der Waals surface area contributed by atoms with Crippen LogP contribution >= 0.6 is 0 Å². The monoisotopic (exact) mass is 224 g/mol. The zero-order valence-electron chi connectivity index (χ0n) is 9.33. The van der Waals surface area contributed by atoms with Gasteiger partial charge in [-0.05, 0) is 13.3 Å². The van der Waals surface area contributed by atoms with Gasteiger partial charge in [-0.3, -0.25) is 9.69 Å². The normalized spacial score (nSPS) is 18.1. The second-order valence-electron chi connectivity index (χ2n) is 4.19. The molecule has 0 aromatic carbocycles. The molecule has 88 valence electrons. The van der Waals surface area contributed by atoms with Crippen LogP contribution < -0.4 is 0 Å². The van der Waals surface area contributed by atoms with E-state index in [0.717, 1.165) is 25.5 Å². The highest BCUT2D eigenvalue weighted by atomic mass is 16.4. The van der Waals surface area contributed by atoms with E-state index in [1.807, 2.05) is 4.57 Å². The molecule has 16 heavy (non-hydrogen) atoms. The van der Waals surface area contributed by atoms with Crippen LogP contribution in [0, 0.1) is 0 Å². The molecule has 0 aliphatic carbocycles. The van der Waals surface area contributed by atoms with Crippen molar-refractivity contribution in [3.05, 3.63) is 12.2 Å². The molecule has 1 aromatic heterocycles. The summed E-state index contributed by atoms with van der Waals surface area (Å²) in [4.78, 5) is 12.8. The van der Waals surface area contributed by atoms with Gasteiger partial charge in [-0.1, -0.05) is 0 Å². The van der Waals surface area contributed by atoms with E-state index in [1.165, 1.54) is 0 Å². The molecular formula is C10H16N4O2. The van der Waals surface area contributed by atoms with Crippen molar-refractivity contribution in [2.75, 3.05) is 6.54 Å². The first kappa shape index (κ1) is 11.1. The van der Waals surface area contributed by atoms with Crippen LogP contribution in [0.5, 0.6) is 0 Å². The van der Waals surface area contributed by atoms with Crippen LogP contribution in [0.2, 0.25) is 0 Å². The number of rotatable bonds is 4. The number of carboxylic acids is 1. The smallest absolute Gasteiger partial charge is 0.303 e. The first-order valence-corrected chi connectivity index (χ1v) is 5.49. The average molecular weight is 224 g/mol. The molecule has 1 aliphatic rings. The molecule has 6 nitrogen and oxygen atoms in total. The highest BCUT2D eigenvalue weighted by molar-refractivity contribution is 5.66. The van der Waals surface area contributed by atoms with Crippen molar-refractivity contribution in [1.82, 2.24) is 19.7 Å². The Morgan fingerprint density at radius 3 is 3.19 bits per heavy atom. The van der Waals surface area contributed by atoms with Gasteiger partial charge in [-0.2, -0.15) is 0 Å². The van der Waals surface area contributed by atoms with Gasteiger partial charge in [-0.25, -0.2) is 0 Å². The van der Waals surface area contributed by atoms with Gasteiger partial charge >= 0.3 is 5.97 Å². The van der Waals surface area contributed by atoms with E-state index in [0.29, 0.717) is 6.42 Å². The molecule has 0 saturated heterocycles. The van der Waals surface area contributed by atoms with E-state index in [9.17, 15) is 4.79 Å². The van der Waals surface area contributed by atoms with E-state index >= 15 is 0 Å². The average Bonchev–Trinajstić information content (AvgIpc) is 2.72. The highest BCUT2D eigenvalue weighted by Crippen LogP contribution is 2.15. The summed E-state index contributed by atoms with van der Waals surface area (Å²) in [5.41, 5.74) is 0. The van der Waals surface area contributed by atoms with Crippen LogP contribution in [0.4, 0.5) is 0 Å². The fraction of sp³-hybridized carbons (Fsp3) is 0.700. The quantitative estimate of drug-likeness (QED) is 0.799. The zero-order valence-corrected chi connectivity index (χ0v) is 9.33. The van der Waals surface area contributed by atoms with E-state index in [4.69, 9.17) is 5.11 Å². The predicted octanol–water partition coefficient (Wildman–Crippen LogP) is 0.347. The Bertz CT molecular complexity index is 377. The number of fused-ring (bicyclic) bond motifs is 1. The first-order valence-electron chi connectivity index (χ1n) is 5.49. The lowest BCUT2D eigenvalue weighted by Crippen LogP contribution is -2.39. The lowest BCUT2D eigenvalue weighted by Gasteiger charge is -2.32. The standard InChI is InChI=1S/C10H16N4O2/c1-8(2-3-10(15)16)13-4-5-14-7-11-12-9(14)6-13/h7-8H,2-6H2,1H3,(H,15,16). The second kappa shape index (κ2) is 4.61. The fourth-order valence-corrected chi connectivity index (χ4v) is 1.98. The summed E-state index contributed by atoms with van der Waals surface area (Å²) < 4.78 is 2.04. The van der Waals surface area contributed by atoms with Gasteiger partial charge in [0.25, 0.3) is 0 Å². The Labute approximate surface area is 93.9 Å². The Hall–Kier alpha value is -1.43. The van der Waals surface area contributed by atoms with Crippen molar-refractivity contribution in [3.8, 4) is 0 Å². The number of aliphatic carboxylic acids is 1. The van der Waals surface area contributed by atoms with Crippen molar-refractivity contribution in [2.24, 2.45) is 0 Å². The molecule has 2 rings (SSSR count). The number of hydrogen-bond acceptors (Lipinski definition) is 4. The summed E-state index contributed by atoms with van der Waals surface area (Å²) >= 11 is 0. The zero-order chi connectivity index (χ0) is 11.5. The van der Waals surface area contributed by atoms with Gasteiger partial charge in [-0.15, -0.1) is 10.2 Å². The van der Waals surface area contributed by atoms with Crippen LogP contribution in [-0.2, 0) is 17.9 Å². The number of carbonyl (C=O) groups is 1. The summed E-state index contributed by atoms with van der Waals surface area (Å²) in [5.74, 6) is 0.237. The summed E-state index contributed by atoms with van der Waals surface area (Å²) in [6.45, 7) is 4.65. The van der Waals surface area contributed by atoms with Gasteiger partial charge in [0.15, 0.2) is 0 Å². The van der Waals surface area contributed by atoms with Gasteiger partial charge in [0.1, 0.15) is 12.2 Å². The molecule has 0 amide bonds. The maximum Gasteiger partial charge on any atom is 0.303 e.